The second kappa shape index (κ2) is 6.86. The van der Waals surface area contributed by atoms with Gasteiger partial charge in [-0.05, 0) is 37.7 Å². The van der Waals surface area contributed by atoms with E-state index in [1.807, 2.05) is 19.9 Å². The molecule has 0 aromatic heterocycles. The maximum atomic E-state index is 14.1. The van der Waals surface area contributed by atoms with Gasteiger partial charge in [-0.2, -0.15) is 0 Å². The van der Waals surface area contributed by atoms with Gasteiger partial charge in [0.05, 0.1) is 0 Å². The van der Waals surface area contributed by atoms with Crippen molar-refractivity contribution in [2.24, 2.45) is 0 Å². The van der Waals surface area contributed by atoms with Crippen molar-refractivity contribution in [2.45, 2.75) is 29.7 Å². The van der Waals surface area contributed by atoms with E-state index in [9.17, 15) is 8.78 Å². The highest BCUT2D eigenvalue weighted by Crippen LogP contribution is 2.35. The van der Waals surface area contributed by atoms with Crippen LogP contribution in [0.15, 0.2) is 52.3 Å². The fourth-order valence-electron chi connectivity index (χ4n) is 2.08. The van der Waals surface area contributed by atoms with E-state index in [0.29, 0.717) is 10.5 Å². The predicted molar refractivity (Wildman–Crippen MR) is 79.0 cm³/mol. The minimum atomic E-state index is -0.288. The van der Waals surface area contributed by atoms with Gasteiger partial charge in [0.2, 0.25) is 0 Å². The normalized spacial score (nSPS) is 12.4. The van der Waals surface area contributed by atoms with Gasteiger partial charge in [-0.1, -0.05) is 36.9 Å². The molecule has 1 atom stereocenters. The molecular formula is C16H17F2NS. The highest BCUT2D eigenvalue weighted by Gasteiger charge is 2.16. The average Bonchev–Trinajstić information content (AvgIpc) is 2.42. The van der Waals surface area contributed by atoms with Crippen LogP contribution >= 0.6 is 11.8 Å². The van der Waals surface area contributed by atoms with Crippen LogP contribution in [0.4, 0.5) is 8.78 Å². The van der Waals surface area contributed by atoms with Gasteiger partial charge in [0.1, 0.15) is 11.6 Å². The standard InChI is InChI=1S/C16H17F2NS/c1-3-19-11(2)16-13(18)8-6-10-15(16)20-14-9-5-4-7-12(14)17/h4-11,19H,3H2,1-2H3. The maximum Gasteiger partial charge on any atom is 0.137 e. The molecule has 4 heteroatoms. The summed E-state index contributed by atoms with van der Waals surface area (Å²) in [6.45, 7) is 4.63. The van der Waals surface area contributed by atoms with Gasteiger partial charge in [0.15, 0.2) is 0 Å². The van der Waals surface area contributed by atoms with Crippen molar-refractivity contribution in [2.75, 3.05) is 6.54 Å². The molecule has 0 saturated carbocycles. The zero-order valence-corrected chi connectivity index (χ0v) is 12.3. The van der Waals surface area contributed by atoms with Gasteiger partial charge in [-0.3, -0.25) is 0 Å². The lowest BCUT2D eigenvalue weighted by Crippen LogP contribution is -2.19. The summed E-state index contributed by atoms with van der Waals surface area (Å²) in [7, 11) is 0. The van der Waals surface area contributed by atoms with Crippen LogP contribution in [0.2, 0.25) is 0 Å². The molecule has 0 heterocycles. The first-order valence-electron chi connectivity index (χ1n) is 6.57. The van der Waals surface area contributed by atoms with E-state index in [1.165, 1.54) is 23.9 Å². The molecule has 1 N–H and O–H groups in total. The number of halogens is 2. The van der Waals surface area contributed by atoms with Crippen LogP contribution in [-0.2, 0) is 0 Å². The molecule has 20 heavy (non-hydrogen) atoms. The molecule has 0 aliphatic carbocycles. The van der Waals surface area contributed by atoms with Gasteiger partial charge in [0.25, 0.3) is 0 Å². The maximum absolute atomic E-state index is 14.1. The van der Waals surface area contributed by atoms with Gasteiger partial charge < -0.3 is 5.32 Å². The Bertz CT molecular complexity index is 586. The second-order valence-corrected chi connectivity index (χ2v) is 5.55. The van der Waals surface area contributed by atoms with Crippen LogP contribution in [0.5, 0.6) is 0 Å². The van der Waals surface area contributed by atoms with E-state index in [0.717, 1.165) is 11.4 Å². The highest BCUT2D eigenvalue weighted by molar-refractivity contribution is 7.99. The Kier molecular flexibility index (Phi) is 5.15. The van der Waals surface area contributed by atoms with Gasteiger partial charge >= 0.3 is 0 Å². The summed E-state index contributed by atoms with van der Waals surface area (Å²) in [5, 5.41) is 3.20. The van der Waals surface area contributed by atoms with E-state index < -0.39 is 0 Å². The third kappa shape index (κ3) is 3.38. The minimum Gasteiger partial charge on any atom is -0.310 e. The largest absolute Gasteiger partial charge is 0.310 e. The number of hydrogen-bond acceptors (Lipinski definition) is 2. The molecule has 0 radical (unpaired) electrons. The van der Waals surface area contributed by atoms with Gasteiger partial charge in [-0.15, -0.1) is 0 Å². The highest BCUT2D eigenvalue weighted by atomic mass is 32.2. The zero-order valence-electron chi connectivity index (χ0n) is 11.5. The Balaban J connectivity index is 2.37. The summed E-state index contributed by atoms with van der Waals surface area (Å²) in [5.41, 5.74) is 0.586. The first kappa shape index (κ1) is 15.0. The number of nitrogens with one attached hydrogen (secondary N) is 1. The number of benzene rings is 2. The number of hydrogen-bond donors (Lipinski definition) is 1. The summed E-state index contributed by atoms with van der Waals surface area (Å²) in [6, 6.07) is 11.3. The SMILES string of the molecule is CCNC(C)c1c(F)cccc1Sc1ccccc1F. The molecule has 0 bridgehead atoms. The Morgan fingerprint density at radius 2 is 1.65 bits per heavy atom. The van der Waals surface area contributed by atoms with Crippen molar-refractivity contribution in [3.05, 3.63) is 59.7 Å². The Morgan fingerprint density at radius 1 is 1.00 bits per heavy atom. The van der Waals surface area contributed by atoms with Crippen molar-refractivity contribution in [3.63, 3.8) is 0 Å². The molecule has 2 rings (SSSR count). The van der Waals surface area contributed by atoms with Crippen molar-refractivity contribution in [3.8, 4) is 0 Å². The van der Waals surface area contributed by atoms with Crippen molar-refractivity contribution >= 4 is 11.8 Å². The summed E-state index contributed by atoms with van der Waals surface area (Å²) in [6.07, 6.45) is 0. The molecule has 0 spiro atoms. The van der Waals surface area contributed by atoms with Crippen LogP contribution in [0.1, 0.15) is 25.5 Å². The second-order valence-electron chi connectivity index (χ2n) is 4.46. The fourth-order valence-corrected chi connectivity index (χ4v) is 3.16. The van der Waals surface area contributed by atoms with Crippen LogP contribution < -0.4 is 5.32 Å². The van der Waals surface area contributed by atoms with Crippen LogP contribution in [0.25, 0.3) is 0 Å². The number of rotatable bonds is 5. The van der Waals surface area contributed by atoms with E-state index >= 15 is 0 Å². The Labute approximate surface area is 122 Å². The van der Waals surface area contributed by atoms with Crippen molar-refractivity contribution in [1.82, 2.24) is 5.32 Å². The van der Waals surface area contributed by atoms with E-state index in [-0.39, 0.29) is 17.7 Å². The summed E-state index contributed by atoms with van der Waals surface area (Å²) in [4.78, 5) is 1.24. The first-order valence-corrected chi connectivity index (χ1v) is 7.39. The van der Waals surface area contributed by atoms with E-state index in [1.54, 1.807) is 24.3 Å². The Morgan fingerprint density at radius 3 is 2.35 bits per heavy atom. The van der Waals surface area contributed by atoms with Crippen LogP contribution in [-0.4, -0.2) is 6.54 Å². The molecule has 0 amide bonds. The minimum absolute atomic E-state index is 0.115. The lowest BCUT2D eigenvalue weighted by atomic mass is 10.1. The van der Waals surface area contributed by atoms with Gasteiger partial charge in [0, 0.05) is 21.4 Å². The van der Waals surface area contributed by atoms with E-state index in [4.69, 9.17) is 0 Å². The monoisotopic (exact) mass is 293 g/mol. The quantitative estimate of drug-likeness (QED) is 0.851. The average molecular weight is 293 g/mol. The molecule has 1 unspecified atom stereocenters. The predicted octanol–water partition coefficient (Wildman–Crippen LogP) is 4.79. The van der Waals surface area contributed by atoms with Crippen molar-refractivity contribution in [1.29, 1.82) is 0 Å². The van der Waals surface area contributed by atoms with E-state index in [2.05, 4.69) is 5.32 Å². The summed E-state index contributed by atoms with van der Waals surface area (Å²) >= 11 is 1.25. The molecule has 2 aromatic rings. The lowest BCUT2D eigenvalue weighted by molar-refractivity contribution is 0.531. The lowest BCUT2D eigenvalue weighted by Gasteiger charge is -2.17. The molecular weight excluding hydrogens is 276 g/mol. The smallest absolute Gasteiger partial charge is 0.137 e. The topological polar surface area (TPSA) is 12.0 Å². The molecule has 0 aliphatic heterocycles. The third-order valence-electron chi connectivity index (χ3n) is 3.01. The zero-order chi connectivity index (χ0) is 14.5. The van der Waals surface area contributed by atoms with Crippen molar-refractivity contribution < 1.29 is 8.78 Å². The molecule has 1 nitrogen and oxygen atoms in total. The molecule has 106 valence electrons. The molecule has 0 saturated heterocycles. The molecule has 0 aliphatic rings. The summed E-state index contributed by atoms with van der Waals surface area (Å²) in [5.74, 6) is -0.552. The van der Waals surface area contributed by atoms with Gasteiger partial charge in [-0.25, -0.2) is 8.78 Å². The van der Waals surface area contributed by atoms with Crippen LogP contribution in [0.3, 0.4) is 0 Å². The fraction of sp³-hybridized carbons (Fsp3) is 0.250. The van der Waals surface area contributed by atoms with Crippen LogP contribution in [0, 0.1) is 11.6 Å². The third-order valence-corrected chi connectivity index (χ3v) is 4.14. The Hall–Kier alpha value is -1.39. The molecule has 0 fully saturated rings. The summed E-state index contributed by atoms with van der Waals surface area (Å²) < 4.78 is 27.8. The first-order chi connectivity index (χ1) is 9.63. The molecule has 2 aromatic carbocycles.